The average Bonchev–Trinajstić information content (AvgIpc) is 3.27. The van der Waals surface area contributed by atoms with Gasteiger partial charge in [0.05, 0.1) is 19.0 Å². The predicted molar refractivity (Wildman–Crippen MR) is 113 cm³/mol. The molecule has 1 aromatic carbocycles. The number of carbonyl (C=O) groups excluding carboxylic acids is 2. The van der Waals surface area contributed by atoms with Crippen LogP contribution in [0.5, 0.6) is 5.75 Å². The third-order valence-corrected chi connectivity index (χ3v) is 5.03. The number of pyridine rings is 1. The summed E-state index contributed by atoms with van der Waals surface area (Å²) >= 11 is 0. The van der Waals surface area contributed by atoms with Crippen molar-refractivity contribution in [3.8, 4) is 5.75 Å². The van der Waals surface area contributed by atoms with E-state index < -0.39 is 6.04 Å². The highest BCUT2D eigenvalue weighted by molar-refractivity contribution is 6.01. The summed E-state index contributed by atoms with van der Waals surface area (Å²) in [5.74, 6) is 0.953. The van der Waals surface area contributed by atoms with Crippen molar-refractivity contribution in [1.29, 1.82) is 0 Å². The van der Waals surface area contributed by atoms with Crippen molar-refractivity contribution in [3.63, 3.8) is 0 Å². The van der Waals surface area contributed by atoms with Gasteiger partial charge in [-0.2, -0.15) is 0 Å². The Morgan fingerprint density at radius 1 is 1.07 bits per heavy atom. The van der Waals surface area contributed by atoms with E-state index in [1.807, 2.05) is 26.0 Å². The Hall–Kier alpha value is -3.09. The van der Waals surface area contributed by atoms with Gasteiger partial charge < -0.3 is 20.3 Å². The predicted octanol–water partition coefficient (Wildman–Crippen LogP) is 3.08. The summed E-state index contributed by atoms with van der Waals surface area (Å²) in [7, 11) is 1.57. The van der Waals surface area contributed by atoms with Gasteiger partial charge in [-0.1, -0.05) is 13.8 Å². The van der Waals surface area contributed by atoms with Crippen LogP contribution in [0, 0.1) is 5.92 Å². The Morgan fingerprint density at radius 2 is 1.76 bits per heavy atom. The van der Waals surface area contributed by atoms with Crippen molar-refractivity contribution < 1.29 is 14.3 Å². The van der Waals surface area contributed by atoms with Crippen molar-refractivity contribution in [2.45, 2.75) is 32.7 Å². The molecule has 1 aromatic heterocycles. The molecule has 154 valence electrons. The lowest BCUT2D eigenvalue weighted by Crippen LogP contribution is -2.47. The fourth-order valence-electron chi connectivity index (χ4n) is 3.32. The van der Waals surface area contributed by atoms with Gasteiger partial charge in [-0.05, 0) is 55.2 Å². The number of hydrogen-bond acceptors (Lipinski definition) is 5. The number of hydrogen-bond donors (Lipinski definition) is 2. The molecule has 2 heterocycles. The maximum atomic E-state index is 12.8. The lowest BCUT2D eigenvalue weighted by atomic mass is 10.0. The van der Waals surface area contributed by atoms with Gasteiger partial charge in [0, 0.05) is 18.7 Å². The Labute approximate surface area is 171 Å². The van der Waals surface area contributed by atoms with Gasteiger partial charge >= 0.3 is 0 Å². The molecule has 1 fully saturated rings. The molecule has 2 N–H and O–H groups in total. The fourth-order valence-corrected chi connectivity index (χ4v) is 3.32. The summed E-state index contributed by atoms with van der Waals surface area (Å²) < 4.78 is 5.11. The molecule has 2 amide bonds. The maximum Gasteiger partial charge on any atom is 0.251 e. The van der Waals surface area contributed by atoms with Crippen molar-refractivity contribution >= 4 is 23.3 Å². The zero-order valence-electron chi connectivity index (χ0n) is 17.1. The minimum Gasteiger partial charge on any atom is -0.497 e. The molecule has 7 nitrogen and oxygen atoms in total. The Morgan fingerprint density at radius 3 is 2.31 bits per heavy atom. The second kappa shape index (κ2) is 9.41. The van der Waals surface area contributed by atoms with E-state index in [1.54, 1.807) is 37.6 Å². The van der Waals surface area contributed by atoms with E-state index >= 15 is 0 Å². The van der Waals surface area contributed by atoms with E-state index in [9.17, 15) is 9.59 Å². The molecule has 0 aliphatic carbocycles. The van der Waals surface area contributed by atoms with E-state index in [-0.39, 0.29) is 17.7 Å². The molecule has 1 unspecified atom stereocenters. The SMILES string of the molecule is COc1ccc(C(=O)NC(C(=O)Nc2ccc(N3CCCC3)nc2)C(C)C)cc1. The average molecular weight is 396 g/mol. The molecule has 1 atom stereocenters. The largest absolute Gasteiger partial charge is 0.497 e. The highest BCUT2D eigenvalue weighted by atomic mass is 16.5. The summed E-state index contributed by atoms with van der Waals surface area (Å²) in [6.07, 6.45) is 4.03. The highest BCUT2D eigenvalue weighted by Gasteiger charge is 2.25. The van der Waals surface area contributed by atoms with Crippen LogP contribution in [0.15, 0.2) is 42.6 Å². The summed E-state index contributed by atoms with van der Waals surface area (Å²) in [6, 6.07) is 9.87. The molecule has 1 aliphatic heterocycles. The summed E-state index contributed by atoms with van der Waals surface area (Å²) in [5.41, 5.74) is 1.09. The van der Waals surface area contributed by atoms with Crippen LogP contribution < -0.4 is 20.3 Å². The van der Waals surface area contributed by atoms with E-state index in [4.69, 9.17) is 4.74 Å². The minimum atomic E-state index is -0.664. The van der Waals surface area contributed by atoms with Gasteiger partial charge in [-0.15, -0.1) is 0 Å². The zero-order valence-corrected chi connectivity index (χ0v) is 17.1. The zero-order chi connectivity index (χ0) is 20.8. The lowest BCUT2D eigenvalue weighted by Gasteiger charge is -2.22. The van der Waals surface area contributed by atoms with Crippen LogP contribution in [0.25, 0.3) is 0 Å². The molecular weight excluding hydrogens is 368 g/mol. The molecule has 0 radical (unpaired) electrons. The van der Waals surface area contributed by atoms with Crippen LogP contribution in [0.2, 0.25) is 0 Å². The number of nitrogens with one attached hydrogen (secondary N) is 2. The first-order valence-electron chi connectivity index (χ1n) is 9.94. The van der Waals surface area contributed by atoms with Crippen LogP contribution in [0.4, 0.5) is 11.5 Å². The monoisotopic (exact) mass is 396 g/mol. The second-order valence-electron chi connectivity index (χ2n) is 7.51. The highest BCUT2D eigenvalue weighted by Crippen LogP contribution is 2.19. The van der Waals surface area contributed by atoms with Crippen LogP contribution in [0.3, 0.4) is 0 Å². The van der Waals surface area contributed by atoms with E-state index in [2.05, 4.69) is 20.5 Å². The summed E-state index contributed by atoms with van der Waals surface area (Å²) in [5, 5.41) is 5.69. The van der Waals surface area contributed by atoms with Gasteiger partial charge in [0.25, 0.3) is 5.91 Å². The van der Waals surface area contributed by atoms with Crippen LogP contribution in [-0.2, 0) is 4.79 Å². The quantitative estimate of drug-likeness (QED) is 0.751. The number of benzene rings is 1. The van der Waals surface area contributed by atoms with Crippen molar-refractivity contribution in [3.05, 3.63) is 48.2 Å². The van der Waals surface area contributed by atoms with Gasteiger partial charge in [0.1, 0.15) is 17.6 Å². The Kier molecular flexibility index (Phi) is 6.69. The molecule has 0 bridgehead atoms. The first-order chi connectivity index (χ1) is 14.0. The molecule has 0 spiro atoms. The van der Waals surface area contributed by atoms with Gasteiger partial charge in [0.15, 0.2) is 0 Å². The first kappa shape index (κ1) is 20.6. The number of methoxy groups -OCH3 is 1. The fraction of sp³-hybridized carbons (Fsp3) is 0.409. The molecule has 3 rings (SSSR count). The maximum absolute atomic E-state index is 12.8. The normalized spacial score (nSPS) is 14.6. The topological polar surface area (TPSA) is 83.6 Å². The molecule has 7 heteroatoms. The van der Waals surface area contributed by atoms with Crippen molar-refractivity contribution in [2.24, 2.45) is 5.92 Å². The molecule has 2 aromatic rings. The number of carbonyl (C=O) groups is 2. The third kappa shape index (κ3) is 5.25. The molecule has 1 aliphatic rings. The summed E-state index contributed by atoms with van der Waals surface area (Å²) in [4.78, 5) is 32.0. The van der Waals surface area contributed by atoms with Gasteiger partial charge in [-0.3, -0.25) is 9.59 Å². The Balaban J connectivity index is 1.63. The lowest BCUT2D eigenvalue weighted by molar-refractivity contribution is -0.118. The number of amides is 2. The smallest absolute Gasteiger partial charge is 0.251 e. The molecular formula is C22H28N4O3. The van der Waals surface area contributed by atoms with E-state index in [1.165, 1.54) is 12.8 Å². The van der Waals surface area contributed by atoms with Crippen molar-refractivity contribution in [1.82, 2.24) is 10.3 Å². The first-order valence-corrected chi connectivity index (χ1v) is 9.94. The molecule has 29 heavy (non-hydrogen) atoms. The van der Waals surface area contributed by atoms with Gasteiger partial charge in [0.2, 0.25) is 5.91 Å². The van der Waals surface area contributed by atoms with E-state index in [0.29, 0.717) is 17.0 Å². The molecule has 0 saturated carbocycles. The standard InChI is InChI=1S/C22H28N4O3/c1-15(2)20(25-21(27)16-6-9-18(29-3)10-7-16)22(28)24-17-8-11-19(23-14-17)26-12-4-5-13-26/h6-11,14-15,20H,4-5,12-13H2,1-3H3,(H,24,28)(H,25,27). The third-order valence-electron chi connectivity index (χ3n) is 5.03. The van der Waals surface area contributed by atoms with Crippen LogP contribution in [-0.4, -0.2) is 43.0 Å². The van der Waals surface area contributed by atoms with Gasteiger partial charge in [-0.25, -0.2) is 4.98 Å². The minimum absolute atomic E-state index is 0.0750. The second-order valence-corrected chi connectivity index (χ2v) is 7.51. The Bertz CT molecular complexity index is 828. The van der Waals surface area contributed by atoms with Crippen LogP contribution in [0.1, 0.15) is 37.0 Å². The molecule has 1 saturated heterocycles. The van der Waals surface area contributed by atoms with E-state index in [0.717, 1.165) is 18.9 Å². The number of ether oxygens (including phenoxy) is 1. The number of anilines is 2. The van der Waals surface area contributed by atoms with Crippen LogP contribution >= 0.6 is 0 Å². The number of aromatic nitrogens is 1. The number of nitrogens with zero attached hydrogens (tertiary/aromatic N) is 2. The number of rotatable bonds is 7. The van der Waals surface area contributed by atoms with Crippen molar-refractivity contribution in [2.75, 3.05) is 30.4 Å². The summed E-state index contributed by atoms with van der Waals surface area (Å²) in [6.45, 7) is 5.83.